The summed E-state index contributed by atoms with van der Waals surface area (Å²) in [4.78, 5) is 10.2. The Balaban J connectivity index is 1.98. The molecule has 0 saturated carbocycles. The zero-order valence-corrected chi connectivity index (χ0v) is 12.2. The molecule has 0 radical (unpaired) electrons. The van der Waals surface area contributed by atoms with Crippen LogP contribution in [-0.2, 0) is 16.0 Å². The summed E-state index contributed by atoms with van der Waals surface area (Å²) in [5, 5.41) is 0.202. The van der Waals surface area contributed by atoms with Gasteiger partial charge in [-0.2, -0.15) is 4.98 Å². The smallest absolute Gasteiger partial charge is 0.234 e. The van der Waals surface area contributed by atoms with Gasteiger partial charge in [-0.1, -0.05) is 30.3 Å². The molecule has 0 saturated heterocycles. The van der Waals surface area contributed by atoms with E-state index in [0.29, 0.717) is 18.2 Å². The first-order valence-corrected chi connectivity index (χ1v) is 6.87. The highest BCUT2D eigenvalue weighted by Crippen LogP contribution is 2.26. The van der Waals surface area contributed by atoms with E-state index >= 15 is 0 Å². The Kier molecular flexibility index (Phi) is 3.92. The fourth-order valence-electron chi connectivity index (χ4n) is 2.08. The molecule has 0 spiro atoms. The Hall–Kier alpha value is -2.27. The van der Waals surface area contributed by atoms with Crippen molar-refractivity contribution in [3.8, 4) is 0 Å². The van der Waals surface area contributed by atoms with Gasteiger partial charge in [0.05, 0.1) is 6.54 Å². The van der Waals surface area contributed by atoms with Crippen molar-refractivity contribution in [2.24, 2.45) is 0 Å². The van der Waals surface area contributed by atoms with Gasteiger partial charge in [0.2, 0.25) is 18.0 Å². The topological polar surface area (TPSA) is 47.5 Å². The Morgan fingerprint density at radius 3 is 2.81 bits per heavy atom. The van der Waals surface area contributed by atoms with Crippen molar-refractivity contribution in [3.05, 3.63) is 65.1 Å². The van der Waals surface area contributed by atoms with Crippen LogP contribution < -0.4 is 4.90 Å². The molecule has 1 aliphatic heterocycles. The van der Waals surface area contributed by atoms with E-state index in [1.807, 2.05) is 42.2 Å². The Labute approximate surface area is 127 Å². The summed E-state index contributed by atoms with van der Waals surface area (Å²) >= 11 is 5.93. The minimum Gasteiger partial charge on any atom is -0.459 e. The lowest BCUT2D eigenvalue weighted by Gasteiger charge is -2.24. The van der Waals surface area contributed by atoms with E-state index in [1.165, 1.54) is 0 Å². The summed E-state index contributed by atoms with van der Waals surface area (Å²) in [6.07, 6.45) is 3.28. The van der Waals surface area contributed by atoms with Gasteiger partial charge >= 0.3 is 0 Å². The van der Waals surface area contributed by atoms with Gasteiger partial charge in [0.1, 0.15) is 12.1 Å². The minimum atomic E-state index is 0.202. The molecule has 1 aromatic carbocycles. The van der Waals surface area contributed by atoms with Gasteiger partial charge in [-0.05, 0) is 24.1 Å². The zero-order valence-electron chi connectivity index (χ0n) is 11.5. The maximum atomic E-state index is 5.93. The number of rotatable bonds is 4. The van der Waals surface area contributed by atoms with E-state index in [-0.39, 0.29) is 12.1 Å². The van der Waals surface area contributed by atoms with E-state index < -0.39 is 0 Å². The first-order valence-electron chi connectivity index (χ1n) is 6.49. The summed E-state index contributed by atoms with van der Waals surface area (Å²) in [6, 6.07) is 10.1. The van der Waals surface area contributed by atoms with Crippen LogP contribution >= 0.6 is 11.6 Å². The van der Waals surface area contributed by atoms with Crippen molar-refractivity contribution < 1.29 is 9.47 Å². The van der Waals surface area contributed by atoms with Crippen LogP contribution in [0.2, 0.25) is 5.28 Å². The number of aromatic nitrogens is 2. The van der Waals surface area contributed by atoms with Gasteiger partial charge in [0.25, 0.3) is 0 Å². The van der Waals surface area contributed by atoms with Crippen LogP contribution in [0.5, 0.6) is 0 Å². The molecule has 108 valence electrons. The quantitative estimate of drug-likeness (QED) is 0.811. The fourth-order valence-corrected chi connectivity index (χ4v) is 2.21. The number of anilines is 1. The molecule has 1 aromatic heterocycles. The minimum absolute atomic E-state index is 0.202. The Bertz CT molecular complexity index is 661. The predicted octanol–water partition coefficient (Wildman–Crippen LogP) is 3.25. The molecule has 0 amide bonds. The second kappa shape index (κ2) is 6.01. The first kappa shape index (κ1) is 13.7. The maximum Gasteiger partial charge on any atom is 0.234 e. The highest BCUT2D eigenvalue weighted by atomic mass is 35.5. The summed E-state index contributed by atoms with van der Waals surface area (Å²) in [7, 11) is 0. The Morgan fingerprint density at radius 1 is 1.29 bits per heavy atom. The molecule has 0 aliphatic carbocycles. The molecular weight excluding hydrogens is 290 g/mol. The number of aryl methyl sites for hydroxylation is 1. The van der Waals surface area contributed by atoms with E-state index in [2.05, 4.69) is 9.97 Å². The molecule has 0 fully saturated rings. The van der Waals surface area contributed by atoms with Crippen molar-refractivity contribution in [2.75, 3.05) is 11.7 Å². The number of halogens is 1. The molecule has 5 nitrogen and oxygen atoms in total. The summed E-state index contributed by atoms with van der Waals surface area (Å²) in [5.74, 6) is 1.31. The average molecular weight is 304 g/mol. The Morgan fingerprint density at radius 2 is 2.10 bits per heavy atom. The van der Waals surface area contributed by atoms with Crippen LogP contribution in [-0.4, -0.2) is 16.8 Å². The SMILES string of the molecule is Cc1cnc(Cl)nc1N(Cc1ccccc1)C1=COCO1. The number of benzene rings is 1. The number of ether oxygens (including phenoxy) is 2. The van der Waals surface area contributed by atoms with Crippen molar-refractivity contribution in [2.45, 2.75) is 13.5 Å². The molecule has 3 rings (SSSR count). The molecule has 0 N–H and O–H groups in total. The molecule has 0 atom stereocenters. The highest BCUT2D eigenvalue weighted by Gasteiger charge is 2.21. The first-order chi connectivity index (χ1) is 10.2. The van der Waals surface area contributed by atoms with Crippen LogP contribution in [0.3, 0.4) is 0 Å². The maximum absolute atomic E-state index is 5.93. The number of nitrogens with zero attached hydrogens (tertiary/aromatic N) is 3. The second-order valence-corrected chi connectivity index (χ2v) is 4.94. The third-order valence-electron chi connectivity index (χ3n) is 3.08. The van der Waals surface area contributed by atoms with Crippen molar-refractivity contribution in [1.29, 1.82) is 0 Å². The van der Waals surface area contributed by atoms with Gasteiger partial charge in [-0.15, -0.1) is 0 Å². The molecule has 1 aliphatic rings. The number of hydrogen-bond donors (Lipinski definition) is 0. The van der Waals surface area contributed by atoms with Crippen LogP contribution in [0, 0.1) is 6.92 Å². The fraction of sp³-hybridized carbons (Fsp3) is 0.200. The third kappa shape index (κ3) is 3.08. The highest BCUT2D eigenvalue weighted by molar-refractivity contribution is 6.28. The lowest BCUT2D eigenvalue weighted by Crippen LogP contribution is -2.24. The lowest BCUT2D eigenvalue weighted by atomic mass is 10.2. The third-order valence-corrected chi connectivity index (χ3v) is 3.26. The van der Waals surface area contributed by atoms with Gasteiger partial charge in [0, 0.05) is 11.8 Å². The van der Waals surface area contributed by atoms with Gasteiger partial charge < -0.3 is 9.47 Å². The summed E-state index contributed by atoms with van der Waals surface area (Å²) in [6.45, 7) is 2.74. The zero-order chi connectivity index (χ0) is 14.7. The largest absolute Gasteiger partial charge is 0.459 e. The van der Waals surface area contributed by atoms with E-state index in [0.717, 1.165) is 11.1 Å². The van der Waals surface area contributed by atoms with Gasteiger partial charge in [-0.25, -0.2) is 4.98 Å². The predicted molar refractivity (Wildman–Crippen MR) is 79.5 cm³/mol. The summed E-state index contributed by atoms with van der Waals surface area (Å²) in [5.41, 5.74) is 2.04. The van der Waals surface area contributed by atoms with Crippen molar-refractivity contribution in [3.63, 3.8) is 0 Å². The van der Waals surface area contributed by atoms with Crippen LogP contribution in [0.1, 0.15) is 11.1 Å². The van der Waals surface area contributed by atoms with E-state index in [1.54, 1.807) is 12.5 Å². The molecule has 0 unspecified atom stereocenters. The summed E-state index contributed by atoms with van der Waals surface area (Å²) < 4.78 is 10.7. The lowest BCUT2D eigenvalue weighted by molar-refractivity contribution is 0.0781. The second-order valence-electron chi connectivity index (χ2n) is 4.60. The molecule has 21 heavy (non-hydrogen) atoms. The van der Waals surface area contributed by atoms with E-state index in [9.17, 15) is 0 Å². The molecule has 6 heteroatoms. The van der Waals surface area contributed by atoms with Crippen LogP contribution in [0.25, 0.3) is 0 Å². The van der Waals surface area contributed by atoms with Crippen molar-refractivity contribution >= 4 is 17.4 Å². The molecule has 2 heterocycles. The van der Waals surface area contributed by atoms with Crippen LogP contribution in [0.4, 0.5) is 5.82 Å². The van der Waals surface area contributed by atoms with Gasteiger partial charge in [0.15, 0.2) is 0 Å². The molecular formula is C15H14ClN3O2. The standard InChI is InChI=1S/C15H14ClN3O2/c1-11-7-17-15(16)18-14(11)19(13-9-20-10-21-13)8-12-5-3-2-4-6-12/h2-7,9H,8,10H2,1H3. The van der Waals surface area contributed by atoms with E-state index in [4.69, 9.17) is 21.1 Å². The van der Waals surface area contributed by atoms with Crippen molar-refractivity contribution in [1.82, 2.24) is 9.97 Å². The number of hydrogen-bond acceptors (Lipinski definition) is 5. The normalized spacial score (nSPS) is 13.3. The van der Waals surface area contributed by atoms with Crippen LogP contribution in [0.15, 0.2) is 48.7 Å². The van der Waals surface area contributed by atoms with Gasteiger partial charge in [-0.3, -0.25) is 4.90 Å². The monoisotopic (exact) mass is 303 g/mol. The molecule has 0 bridgehead atoms. The average Bonchev–Trinajstić information content (AvgIpc) is 3.03. The molecule has 2 aromatic rings.